The molecule has 2 saturated carbocycles. The van der Waals surface area contributed by atoms with Crippen LogP contribution in [0.2, 0.25) is 0 Å². The summed E-state index contributed by atoms with van der Waals surface area (Å²) in [5, 5.41) is 21.2. The Balaban J connectivity index is 0.965. The van der Waals surface area contributed by atoms with Crippen LogP contribution in [0.25, 0.3) is 0 Å². The minimum atomic E-state index is -0.197. The van der Waals surface area contributed by atoms with Gasteiger partial charge in [-0.1, -0.05) is 6.07 Å². The van der Waals surface area contributed by atoms with E-state index in [1.165, 1.54) is 12.0 Å². The van der Waals surface area contributed by atoms with Gasteiger partial charge in [-0.05, 0) is 106 Å². The van der Waals surface area contributed by atoms with E-state index in [1.807, 2.05) is 16.8 Å². The van der Waals surface area contributed by atoms with Gasteiger partial charge in [0, 0.05) is 12.1 Å². The van der Waals surface area contributed by atoms with Crippen LogP contribution < -0.4 is 26.4 Å². The molecular formula is C28H36N8O2. The van der Waals surface area contributed by atoms with Crippen molar-refractivity contribution >= 4 is 11.5 Å². The summed E-state index contributed by atoms with van der Waals surface area (Å²) in [6.07, 6.45) is 13.5. The number of benzene rings is 1. The molecule has 2 aliphatic carbocycles. The number of hydrogen-bond donors (Lipinski definition) is 4. The molecule has 4 N–H and O–H groups in total. The number of piperidine rings is 1. The van der Waals surface area contributed by atoms with Gasteiger partial charge in [0.15, 0.2) is 17.3 Å². The number of nitrogens with one attached hydrogen (secondary N) is 4. The highest BCUT2D eigenvalue weighted by Crippen LogP contribution is 2.58. The Morgan fingerprint density at radius 1 is 1.13 bits per heavy atom. The molecule has 0 radical (unpaired) electrons. The van der Waals surface area contributed by atoms with Gasteiger partial charge in [0.25, 0.3) is 0 Å². The highest BCUT2D eigenvalue weighted by atomic mass is 16.5. The molecule has 200 valence electrons. The maximum absolute atomic E-state index is 13.1. The molecular weight excluding hydrogens is 480 g/mol. The van der Waals surface area contributed by atoms with Gasteiger partial charge in [-0.25, -0.2) is 4.79 Å². The number of rotatable bonds is 7. The average molecular weight is 517 g/mol. The highest BCUT2D eigenvalue weighted by Gasteiger charge is 2.54. The fourth-order valence-electron chi connectivity index (χ4n) is 6.80. The van der Waals surface area contributed by atoms with Crippen LogP contribution in [-0.4, -0.2) is 50.6 Å². The summed E-state index contributed by atoms with van der Waals surface area (Å²) in [5.41, 5.74) is 3.44. The maximum atomic E-state index is 13.1. The third-order valence-corrected chi connectivity index (χ3v) is 9.20. The average Bonchev–Trinajstić information content (AvgIpc) is 3.34. The van der Waals surface area contributed by atoms with E-state index in [1.54, 1.807) is 6.20 Å². The predicted octanol–water partition coefficient (Wildman–Crippen LogP) is 3.77. The van der Waals surface area contributed by atoms with Gasteiger partial charge in [0.1, 0.15) is 0 Å². The molecule has 2 aromatic heterocycles. The third kappa shape index (κ3) is 4.60. The molecule has 0 bridgehead atoms. The zero-order valence-electron chi connectivity index (χ0n) is 21.7. The number of aromatic amines is 1. The van der Waals surface area contributed by atoms with Gasteiger partial charge in [0.2, 0.25) is 0 Å². The molecule has 7 rings (SSSR count). The Hall–Kier alpha value is -3.24. The number of anilines is 2. The molecule has 10 nitrogen and oxygen atoms in total. The lowest BCUT2D eigenvalue weighted by atomic mass is 9.82. The SMILES string of the molecule is O=c1nc2c(cn1C1CCC3(CC1)CC3NCCCc1cn[nH]n1)Oc1ccc(C3CCNCC3)cc1N2. The van der Waals surface area contributed by atoms with Crippen LogP contribution in [0.5, 0.6) is 11.5 Å². The minimum Gasteiger partial charge on any atom is -0.450 e. The predicted molar refractivity (Wildman–Crippen MR) is 144 cm³/mol. The van der Waals surface area contributed by atoms with E-state index < -0.39 is 0 Å². The van der Waals surface area contributed by atoms with E-state index >= 15 is 0 Å². The van der Waals surface area contributed by atoms with Crippen molar-refractivity contribution in [1.82, 2.24) is 35.6 Å². The van der Waals surface area contributed by atoms with Gasteiger partial charge in [-0.2, -0.15) is 20.4 Å². The first-order valence-electron chi connectivity index (χ1n) is 14.2. The molecule has 1 saturated heterocycles. The number of nitrogens with zero attached hydrogens (tertiary/aromatic N) is 4. The second kappa shape index (κ2) is 9.81. The molecule has 1 aromatic carbocycles. The van der Waals surface area contributed by atoms with Gasteiger partial charge in [-0.3, -0.25) is 4.57 Å². The van der Waals surface area contributed by atoms with Crippen molar-refractivity contribution < 1.29 is 4.74 Å². The minimum absolute atomic E-state index is 0.173. The zero-order chi connectivity index (χ0) is 25.5. The molecule has 4 heterocycles. The van der Waals surface area contributed by atoms with E-state index in [0.717, 1.165) is 88.1 Å². The molecule has 0 amide bonds. The smallest absolute Gasteiger partial charge is 0.350 e. The zero-order valence-corrected chi connectivity index (χ0v) is 21.7. The monoisotopic (exact) mass is 516 g/mol. The molecule has 4 aliphatic rings. The van der Waals surface area contributed by atoms with Crippen LogP contribution >= 0.6 is 0 Å². The van der Waals surface area contributed by atoms with E-state index in [4.69, 9.17) is 4.74 Å². The number of aromatic nitrogens is 5. The van der Waals surface area contributed by atoms with Gasteiger partial charge >= 0.3 is 5.69 Å². The summed E-state index contributed by atoms with van der Waals surface area (Å²) >= 11 is 0. The second-order valence-electron chi connectivity index (χ2n) is 11.5. The molecule has 1 atom stereocenters. The normalized spacial score (nSPS) is 26.3. The molecule has 1 spiro atoms. The van der Waals surface area contributed by atoms with Crippen LogP contribution in [0.1, 0.15) is 74.6 Å². The van der Waals surface area contributed by atoms with E-state index in [2.05, 4.69) is 48.5 Å². The first-order valence-corrected chi connectivity index (χ1v) is 14.2. The van der Waals surface area contributed by atoms with Crippen LogP contribution in [0.3, 0.4) is 0 Å². The summed E-state index contributed by atoms with van der Waals surface area (Å²) < 4.78 is 8.05. The summed E-state index contributed by atoms with van der Waals surface area (Å²) in [5.74, 6) is 2.50. The second-order valence-corrected chi connectivity index (χ2v) is 11.5. The standard InChI is InChI=1S/C28H36N8O2/c37-27-33-26-24(38-23-4-3-19(14-22(23)32-26)18-7-12-29-13-8-18)17-36(27)21-5-9-28(10-6-21)15-25(28)30-11-1-2-20-16-31-35-34-20/h3-4,14,16-18,21,25,29-30H,1-2,5-13,15H2,(H,31,34,35)(H,32,33,37). The topological polar surface area (TPSA) is 122 Å². The van der Waals surface area contributed by atoms with Crippen LogP contribution in [0.4, 0.5) is 11.5 Å². The fourth-order valence-corrected chi connectivity index (χ4v) is 6.80. The first-order chi connectivity index (χ1) is 18.7. The van der Waals surface area contributed by atoms with Crippen molar-refractivity contribution in [2.45, 2.75) is 75.8 Å². The lowest BCUT2D eigenvalue weighted by Crippen LogP contribution is -2.33. The van der Waals surface area contributed by atoms with Gasteiger partial charge in [0.05, 0.1) is 23.8 Å². The highest BCUT2D eigenvalue weighted by molar-refractivity contribution is 5.73. The number of ether oxygens (including phenoxy) is 1. The Bertz CT molecular complexity index is 1340. The van der Waals surface area contributed by atoms with Crippen molar-refractivity contribution in [1.29, 1.82) is 0 Å². The van der Waals surface area contributed by atoms with Crippen LogP contribution in [0.15, 0.2) is 35.4 Å². The van der Waals surface area contributed by atoms with Crippen molar-refractivity contribution in [3.8, 4) is 11.5 Å². The van der Waals surface area contributed by atoms with Crippen molar-refractivity contribution in [3.63, 3.8) is 0 Å². The first kappa shape index (κ1) is 23.8. The fraction of sp³-hybridized carbons (Fsp3) is 0.571. The van der Waals surface area contributed by atoms with Crippen molar-refractivity contribution in [2.24, 2.45) is 5.41 Å². The lowest BCUT2D eigenvalue weighted by molar-refractivity contribution is 0.238. The largest absolute Gasteiger partial charge is 0.450 e. The van der Waals surface area contributed by atoms with E-state index in [0.29, 0.717) is 28.9 Å². The molecule has 3 fully saturated rings. The van der Waals surface area contributed by atoms with Crippen LogP contribution in [-0.2, 0) is 6.42 Å². The summed E-state index contributed by atoms with van der Waals surface area (Å²) in [6.45, 7) is 3.11. The summed E-state index contributed by atoms with van der Waals surface area (Å²) in [7, 11) is 0. The molecule has 3 aromatic rings. The summed E-state index contributed by atoms with van der Waals surface area (Å²) in [6, 6.07) is 7.16. The third-order valence-electron chi connectivity index (χ3n) is 9.20. The number of aryl methyl sites for hydroxylation is 1. The van der Waals surface area contributed by atoms with E-state index in [9.17, 15) is 4.79 Å². The van der Waals surface area contributed by atoms with Crippen LogP contribution in [0, 0.1) is 5.41 Å². The van der Waals surface area contributed by atoms with Gasteiger partial charge in [-0.15, -0.1) is 0 Å². The summed E-state index contributed by atoms with van der Waals surface area (Å²) in [4.78, 5) is 17.5. The Morgan fingerprint density at radius 2 is 2.00 bits per heavy atom. The van der Waals surface area contributed by atoms with Crippen molar-refractivity contribution in [3.05, 3.63) is 52.3 Å². The number of hydrogen-bond acceptors (Lipinski definition) is 8. The Labute approximate surface area is 222 Å². The number of H-pyrrole nitrogens is 1. The molecule has 1 unspecified atom stereocenters. The van der Waals surface area contributed by atoms with Crippen molar-refractivity contribution in [2.75, 3.05) is 25.0 Å². The maximum Gasteiger partial charge on any atom is 0.350 e. The lowest BCUT2D eigenvalue weighted by Gasteiger charge is -2.31. The number of fused-ring (bicyclic) bond motifs is 2. The Morgan fingerprint density at radius 3 is 2.82 bits per heavy atom. The Kier molecular flexibility index (Phi) is 6.16. The molecule has 38 heavy (non-hydrogen) atoms. The van der Waals surface area contributed by atoms with E-state index in [-0.39, 0.29) is 11.7 Å². The van der Waals surface area contributed by atoms with Gasteiger partial charge < -0.3 is 20.7 Å². The molecule has 2 aliphatic heterocycles. The quantitative estimate of drug-likeness (QED) is 0.274. The molecule has 10 heteroatoms.